The van der Waals surface area contributed by atoms with E-state index in [0.29, 0.717) is 11.3 Å². The lowest BCUT2D eigenvalue weighted by atomic mass is 10.1. The van der Waals surface area contributed by atoms with Crippen LogP contribution in [-0.4, -0.2) is 4.99 Å². The Balaban J connectivity index is 2.14. The molecule has 0 saturated heterocycles. The highest BCUT2D eigenvalue weighted by atomic mass is 32.1. The van der Waals surface area contributed by atoms with Crippen LogP contribution in [0, 0.1) is 17.1 Å². The van der Waals surface area contributed by atoms with E-state index in [1.54, 1.807) is 48.5 Å². The molecule has 0 bridgehead atoms. The molecule has 0 amide bonds. The molecule has 0 aromatic heterocycles. The minimum atomic E-state index is -0.307. The smallest absolute Gasteiger partial charge is 0.129 e. The van der Waals surface area contributed by atoms with Crippen LogP contribution in [0.5, 0.6) is 5.75 Å². The highest BCUT2D eigenvalue weighted by molar-refractivity contribution is 7.80. The van der Waals surface area contributed by atoms with Crippen molar-refractivity contribution in [2.45, 2.75) is 6.61 Å². The Kier molecular flexibility index (Phi) is 5.23. The van der Waals surface area contributed by atoms with E-state index >= 15 is 0 Å². The molecule has 2 rings (SSSR count). The number of hydrogen-bond acceptors (Lipinski definition) is 3. The average molecular weight is 312 g/mol. The van der Waals surface area contributed by atoms with Gasteiger partial charge in [-0.15, -0.1) is 0 Å². The summed E-state index contributed by atoms with van der Waals surface area (Å²) in [5.74, 6) is 0.260. The van der Waals surface area contributed by atoms with Crippen LogP contribution in [0.4, 0.5) is 4.39 Å². The molecule has 0 saturated carbocycles. The molecule has 0 aliphatic rings. The standard InChI is InChI=1S/C17H13FN2OS/c18-16-7-2-1-5-13(16)11-21-15-6-3-4-12(9-15)8-14(10-19)17(20)22/h1-9H,11H2,(H2,20,22)/b14-8+. The maximum Gasteiger partial charge on any atom is 0.129 e. The predicted molar refractivity (Wildman–Crippen MR) is 87.5 cm³/mol. The van der Waals surface area contributed by atoms with Crippen molar-refractivity contribution in [1.29, 1.82) is 5.26 Å². The first-order chi connectivity index (χ1) is 10.6. The van der Waals surface area contributed by atoms with E-state index < -0.39 is 0 Å². The average Bonchev–Trinajstić information content (AvgIpc) is 2.52. The summed E-state index contributed by atoms with van der Waals surface area (Å²) in [4.78, 5) is 0.0418. The number of nitriles is 1. The van der Waals surface area contributed by atoms with Crippen LogP contribution in [0.3, 0.4) is 0 Å². The van der Waals surface area contributed by atoms with Crippen molar-refractivity contribution >= 4 is 23.3 Å². The topological polar surface area (TPSA) is 59.0 Å². The predicted octanol–water partition coefficient (Wildman–Crippen LogP) is 3.60. The van der Waals surface area contributed by atoms with E-state index in [1.165, 1.54) is 6.07 Å². The van der Waals surface area contributed by atoms with Crippen molar-refractivity contribution in [3.05, 3.63) is 71.0 Å². The SMILES string of the molecule is N#C/C(=C\c1cccc(OCc2ccccc2F)c1)C(N)=S. The fraction of sp³-hybridized carbons (Fsp3) is 0.0588. The highest BCUT2D eigenvalue weighted by Crippen LogP contribution is 2.18. The molecule has 2 N–H and O–H groups in total. The van der Waals surface area contributed by atoms with Crippen molar-refractivity contribution < 1.29 is 9.13 Å². The molecule has 2 aromatic rings. The Morgan fingerprint density at radius 2 is 2.05 bits per heavy atom. The van der Waals surface area contributed by atoms with Gasteiger partial charge in [0, 0.05) is 5.56 Å². The quantitative estimate of drug-likeness (QED) is 0.520. The zero-order valence-electron chi connectivity index (χ0n) is 11.6. The summed E-state index contributed by atoms with van der Waals surface area (Å²) >= 11 is 4.79. The van der Waals surface area contributed by atoms with E-state index in [4.69, 9.17) is 28.0 Å². The van der Waals surface area contributed by atoms with Gasteiger partial charge in [0.05, 0.1) is 5.57 Å². The monoisotopic (exact) mass is 312 g/mol. The maximum atomic E-state index is 13.5. The number of halogens is 1. The third kappa shape index (κ3) is 4.14. The normalized spacial score (nSPS) is 10.8. The van der Waals surface area contributed by atoms with Crippen molar-refractivity contribution in [2.24, 2.45) is 5.73 Å². The van der Waals surface area contributed by atoms with Gasteiger partial charge in [-0.25, -0.2) is 4.39 Å². The molecule has 0 aliphatic carbocycles. The van der Waals surface area contributed by atoms with Crippen LogP contribution in [0.15, 0.2) is 54.1 Å². The molecule has 0 fully saturated rings. The Hall–Kier alpha value is -2.71. The number of benzene rings is 2. The van der Waals surface area contributed by atoms with Gasteiger partial charge in [0.15, 0.2) is 0 Å². The zero-order chi connectivity index (χ0) is 15.9. The van der Waals surface area contributed by atoms with Gasteiger partial charge >= 0.3 is 0 Å². The van der Waals surface area contributed by atoms with Crippen molar-refractivity contribution in [1.82, 2.24) is 0 Å². The van der Waals surface area contributed by atoms with Crippen LogP contribution < -0.4 is 10.5 Å². The van der Waals surface area contributed by atoms with E-state index in [1.807, 2.05) is 6.07 Å². The fourth-order valence-corrected chi connectivity index (χ4v) is 1.90. The largest absolute Gasteiger partial charge is 0.489 e. The fourth-order valence-electron chi connectivity index (χ4n) is 1.80. The Labute approximate surface area is 133 Å². The molecular weight excluding hydrogens is 299 g/mol. The van der Waals surface area contributed by atoms with Gasteiger partial charge in [-0.1, -0.05) is 42.5 Å². The maximum absolute atomic E-state index is 13.5. The molecule has 0 aliphatic heterocycles. The lowest BCUT2D eigenvalue weighted by Crippen LogP contribution is -2.09. The van der Waals surface area contributed by atoms with Crippen molar-refractivity contribution in [3.8, 4) is 11.8 Å². The van der Waals surface area contributed by atoms with Gasteiger partial charge in [0.1, 0.15) is 29.2 Å². The summed E-state index contributed by atoms with van der Waals surface area (Å²) in [5.41, 5.74) is 6.88. The summed E-state index contributed by atoms with van der Waals surface area (Å²) in [6.45, 7) is 0.125. The van der Waals surface area contributed by atoms with E-state index in [-0.39, 0.29) is 23.0 Å². The molecule has 22 heavy (non-hydrogen) atoms. The zero-order valence-corrected chi connectivity index (χ0v) is 12.4. The molecule has 0 spiro atoms. The lowest BCUT2D eigenvalue weighted by Gasteiger charge is -2.08. The number of nitrogens with two attached hydrogens (primary N) is 1. The number of nitrogens with zero attached hydrogens (tertiary/aromatic N) is 1. The number of ether oxygens (including phenoxy) is 1. The third-order valence-corrected chi connectivity index (χ3v) is 3.13. The number of rotatable bonds is 5. The van der Waals surface area contributed by atoms with E-state index in [0.717, 1.165) is 5.56 Å². The highest BCUT2D eigenvalue weighted by Gasteiger charge is 2.03. The number of thiocarbonyl (C=S) groups is 1. The van der Waals surface area contributed by atoms with Gasteiger partial charge in [-0.3, -0.25) is 0 Å². The van der Waals surface area contributed by atoms with Gasteiger partial charge < -0.3 is 10.5 Å². The van der Waals surface area contributed by atoms with Crippen LogP contribution in [-0.2, 0) is 6.61 Å². The van der Waals surface area contributed by atoms with Gasteiger partial charge in [-0.2, -0.15) is 5.26 Å². The number of hydrogen-bond donors (Lipinski definition) is 1. The third-order valence-electron chi connectivity index (χ3n) is 2.91. The minimum absolute atomic E-state index is 0.0418. The molecule has 110 valence electrons. The second kappa shape index (κ2) is 7.34. The molecule has 5 heteroatoms. The molecule has 0 radical (unpaired) electrons. The van der Waals surface area contributed by atoms with Crippen molar-refractivity contribution in [2.75, 3.05) is 0 Å². The summed E-state index contributed by atoms with van der Waals surface area (Å²) in [6.07, 6.45) is 1.58. The molecule has 3 nitrogen and oxygen atoms in total. The summed E-state index contributed by atoms with van der Waals surface area (Å²) < 4.78 is 19.1. The van der Waals surface area contributed by atoms with E-state index in [2.05, 4.69) is 0 Å². The summed E-state index contributed by atoms with van der Waals surface area (Å²) in [6, 6.07) is 15.4. The molecular formula is C17H13FN2OS. The summed E-state index contributed by atoms with van der Waals surface area (Å²) in [7, 11) is 0. The second-order valence-electron chi connectivity index (χ2n) is 4.49. The molecule has 0 heterocycles. The minimum Gasteiger partial charge on any atom is -0.489 e. The first-order valence-electron chi connectivity index (χ1n) is 6.48. The summed E-state index contributed by atoms with van der Waals surface area (Å²) in [5, 5.41) is 8.95. The van der Waals surface area contributed by atoms with Gasteiger partial charge in [0.2, 0.25) is 0 Å². The lowest BCUT2D eigenvalue weighted by molar-refractivity contribution is 0.300. The van der Waals surface area contributed by atoms with Crippen molar-refractivity contribution in [3.63, 3.8) is 0 Å². The first-order valence-corrected chi connectivity index (χ1v) is 6.89. The van der Waals surface area contributed by atoms with Crippen LogP contribution in [0.1, 0.15) is 11.1 Å². The Morgan fingerprint density at radius 1 is 1.27 bits per heavy atom. The van der Waals surface area contributed by atoms with Crippen LogP contribution >= 0.6 is 12.2 Å². The molecule has 0 unspecified atom stereocenters. The first kappa shape index (κ1) is 15.7. The van der Waals surface area contributed by atoms with Gasteiger partial charge in [0.25, 0.3) is 0 Å². The molecule has 0 atom stereocenters. The molecule has 2 aromatic carbocycles. The second-order valence-corrected chi connectivity index (χ2v) is 4.93. The van der Waals surface area contributed by atoms with E-state index in [9.17, 15) is 4.39 Å². The Bertz CT molecular complexity index is 765. The Morgan fingerprint density at radius 3 is 2.73 bits per heavy atom. The van der Waals surface area contributed by atoms with Gasteiger partial charge in [-0.05, 0) is 29.8 Å². The van der Waals surface area contributed by atoms with Crippen LogP contribution in [0.2, 0.25) is 0 Å². The van der Waals surface area contributed by atoms with Crippen LogP contribution in [0.25, 0.3) is 6.08 Å².